The van der Waals surface area contributed by atoms with Gasteiger partial charge in [-0.3, -0.25) is 0 Å². The molecule has 1 aromatic rings. The van der Waals surface area contributed by atoms with E-state index >= 15 is 0 Å². The predicted molar refractivity (Wildman–Crippen MR) is 55.3 cm³/mol. The lowest BCUT2D eigenvalue weighted by Crippen LogP contribution is -2.07. The fourth-order valence-electron chi connectivity index (χ4n) is 2.13. The van der Waals surface area contributed by atoms with Crippen molar-refractivity contribution in [2.24, 2.45) is 17.1 Å². The summed E-state index contributed by atoms with van der Waals surface area (Å²) in [6.45, 7) is 3.97. The first-order valence-electron chi connectivity index (χ1n) is 5.23. The maximum atomic E-state index is 13.4. The molecule has 0 saturated heterocycles. The number of nitrogens with two attached hydrogens (primary N) is 1. The van der Waals surface area contributed by atoms with Gasteiger partial charge in [-0.2, -0.15) is 0 Å². The van der Waals surface area contributed by atoms with Crippen LogP contribution in [0, 0.1) is 28.8 Å². The molecule has 2 rings (SSSR count). The van der Waals surface area contributed by atoms with Crippen LogP contribution in [0.2, 0.25) is 0 Å². The molecule has 16 heavy (non-hydrogen) atoms. The molecule has 2 atom stereocenters. The molecule has 4 heteroatoms. The van der Waals surface area contributed by atoms with Gasteiger partial charge >= 0.3 is 0 Å². The molecule has 0 aliphatic heterocycles. The van der Waals surface area contributed by atoms with Crippen LogP contribution < -0.4 is 5.73 Å². The molecular formula is C12H14F3N. The molecule has 0 unspecified atom stereocenters. The lowest BCUT2D eigenvalue weighted by Gasteiger charge is -2.05. The van der Waals surface area contributed by atoms with Crippen molar-refractivity contribution in [1.82, 2.24) is 0 Å². The van der Waals surface area contributed by atoms with Gasteiger partial charge in [0.15, 0.2) is 11.6 Å². The van der Waals surface area contributed by atoms with Gasteiger partial charge in [0.1, 0.15) is 5.82 Å². The number of rotatable bonds is 2. The van der Waals surface area contributed by atoms with Gasteiger partial charge in [-0.25, -0.2) is 13.2 Å². The van der Waals surface area contributed by atoms with E-state index in [9.17, 15) is 13.2 Å². The van der Waals surface area contributed by atoms with E-state index in [1.807, 2.05) is 13.8 Å². The lowest BCUT2D eigenvalue weighted by molar-refractivity contribution is 0.483. The molecule has 0 aromatic heterocycles. The molecule has 0 heterocycles. The number of benzene rings is 1. The third-order valence-corrected chi connectivity index (χ3v) is 3.67. The van der Waals surface area contributed by atoms with Crippen molar-refractivity contribution in [3.8, 4) is 0 Å². The third kappa shape index (κ3) is 1.71. The summed E-state index contributed by atoms with van der Waals surface area (Å²) >= 11 is 0. The van der Waals surface area contributed by atoms with Crippen LogP contribution in [0.25, 0.3) is 0 Å². The zero-order valence-electron chi connectivity index (χ0n) is 9.23. The molecule has 1 aliphatic carbocycles. The number of hydrogen-bond acceptors (Lipinski definition) is 1. The summed E-state index contributed by atoms with van der Waals surface area (Å²) in [5, 5.41) is 0. The van der Waals surface area contributed by atoms with Gasteiger partial charge in [-0.1, -0.05) is 13.8 Å². The predicted octanol–water partition coefficient (Wildman–Crippen LogP) is 2.63. The van der Waals surface area contributed by atoms with E-state index < -0.39 is 17.5 Å². The second-order valence-electron chi connectivity index (χ2n) is 5.02. The van der Waals surface area contributed by atoms with Gasteiger partial charge in [0.25, 0.3) is 0 Å². The summed E-state index contributed by atoms with van der Waals surface area (Å²) in [5.41, 5.74) is 5.97. The molecule has 1 nitrogen and oxygen atoms in total. The van der Waals surface area contributed by atoms with Gasteiger partial charge in [0, 0.05) is 12.1 Å². The van der Waals surface area contributed by atoms with E-state index in [4.69, 9.17) is 5.73 Å². The Morgan fingerprint density at radius 1 is 1.12 bits per heavy atom. The first kappa shape index (κ1) is 11.5. The minimum absolute atomic E-state index is 0.0000132. The Balaban J connectivity index is 2.20. The SMILES string of the molecule is CC1(C)[C@@H](N)[C@@H]1Cc1cc(F)c(F)cc1F. The van der Waals surface area contributed by atoms with Crippen molar-refractivity contribution in [3.05, 3.63) is 35.1 Å². The quantitative estimate of drug-likeness (QED) is 0.775. The highest BCUT2D eigenvalue weighted by Gasteiger charge is 2.55. The molecule has 88 valence electrons. The van der Waals surface area contributed by atoms with Crippen LogP contribution in [-0.4, -0.2) is 6.04 Å². The highest BCUT2D eigenvalue weighted by molar-refractivity contribution is 5.24. The summed E-state index contributed by atoms with van der Waals surface area (Å²) in [6.07, 6.45) is 0.358. The Morgan fingerprint density at radius 2 is 1.62 bits per heavy atom. The standard InChI is InChI=1S/C12H14F3N/c1-12(2)7(11(12)16)3-6-4-9(14)10(15)5-8(6)13/h4-5,7,11H,3,16H2,1-2H3/t7-,11-/m0/s1. The first-order valence-corrected chi connectivity index (χ1v) is 5.23. The van der Waals surface area contributed by atoms with Crippen LogP contribution in [0.3, 0.4) is 0 Å². The number of halogens is 3. The zero-order chi connectivity index (χ0) is 12.1. The van der Waals surface area contributed by atoms with Crippen LogP contribution in [0.4, 0.5) is 13.2 Å². The highest BCUT2D eigenvalue weighted by Crippen LogP contribution is 2.52. The Kier molecular flexibility index (Phi) is 2.49. The van der Waals surface area contributed by atoms with Crippen molar-refractivity contribution in [2.45, 2.75) is 26.3 Å². The molecule has 1 aliphatic rings. The van der Waals surface area contributed by atoms with Crippen LogP contribution >= 0.6 is 0 Å². The lowest BCUT2D eigenvalue weighted by atomic mass is 10.0. The Morgan fingerprint density at radius 3 is 2.12 bits per heavy atom. The van der Waals surface area contributed by atoms with Crippen molar-refractivity contribution >= 4 is 0 Å². The molecule has 1 saturated carbocycles. The largest absolute Gasteiger partial charge is 0.327 e. The molecule has 1 aromatic carbocycles. The average molecular weight is 229 g/mol. The Bertz CT molecular complexity index is 429. The second kappa shape index (κ2) is 3.48. The fourth-order valence-corrected chi connectivity index (χ4v) is 2.13. The van der Waals surface area contributed by atoms with Crippen molar-refractivity contribution < 1.29 is 13.2 Å². The van der Waals surface area contributed by atoms with Crippen LogP contribution in [0.15, 0.2) is 12.1 Å². The Hall–Kier alpha value is -1.03. The normalized spacial score (nSPS) is 26.9. The molecule has 1 fully saturated rings. The molecular weight excluding hydrogens is 215 g/mol. The maximum absolute atomic E-state index is 13.4. The molecule has 0 amide bonds. The van der Waals surface area contributed by atoms with Crippen LogP contribution in [-0.2, 0) is 6.42 Å². The molecule has 0 bridgehead atoms. The minimum atomic E-state index is -1.15. The van der Waals surface area contributed by atoms with Gasteiger partial charge < -0.3 is 5.73 Å². The third-order valence-electron chi connectivity index (χ3n) is 3.67. The molecule has 0 spiro atoms. The van der Waals surface area contributed by atoms with Crippen molar-refractivity contribution in [3.63, 3.8) is 0 Å². The second-order valence-corrected chi connectivity index (χ2v) is 5.02. The molecule has 2 N–H and O–H groups in total. The van der Waals surface area contributed by atoms with E-state index in [0.717, 1.165) is 6.07 Å². The van der Waals surface area contributed by atoms with Gasteiger partial charge in [0.05, 0.1) is 0 Å². The van der Waals surface area contributed by atoms with Gasteiger partial charge in [-0.15, -0.1) is 0 Å². The average Bonchev–Trinajstić information content (AvgIpc) is 2.64. The van der Waals surface area contributed by atoms with E-state index in [2.05, 4.69) is 0 Å². The summed E-state index contributed by atoms with van der Waals surface area (Å²) < 4.78 is 39.0. The smallest absolute Gasteiger partial charge is 0.161 e. The topological polar surface area (TPSA) is 26.0 Å². The van der Waals surface area contributed by atoms with E-state index in [0.29, 0.717) is 12.5 Å². The zero-order valence-corrected chi connectivity index (χ0v) is 9.23. The van der Waals surface area contributed by atoms with Crippen molar-refractivity contribution in [1.29, 1.82) is 0 Å². The van der Waals surface area contributed by atoms with E-state index in [1.165, 1.54) is 0 Å². The van der Waals surface area contributed by atoms with Crippen LogP contribution in [0.1, 0.15) is 19.4 Å². The van der Waals surface area contributed by atoms with Gasteiger partial charge in [-0.05, 0) is 29.4 Å². The first-order chi connectivity index (χ1) is 7.34. The highest BCUT2D eigenvalue weighted by atomic mass is 19.2. The summed E-state index contributed by atoms with van der Waals surface area (Å²) in [7, 11) is 0. The summed E-state index contributed by atoms with van der Waals surface area (Å²) in [6, 6.07) is 1.51. The summed E-state index contributed by atoms with van der Waals surface area (Å²) in [4.78, 5) is 0. The van der Waals surface area contributed by atoms with E-state index in [-0.39, 0.29) is 22.9 Å². The summed E-state index contributed by atoms with van der Waals surface area (Å²) in [5.74, 6) is -2.73. The monoisotopic (exact) mass is 229 g/mol. The molecule has 0 radical (unpaired) electrons. The van der Waals surface area contributed by atoms with E-state index in [1.54, 1.807) is 0 Å². The van der Waals surface area contributed by atoms with Crippen molar-refractivity contribution in [2.75, 3.05) is 0 Å². The fraction of sp³-hybridized carbons (Fsp3) is 0.500. The Labute approximate surface area is 92.5 Å². The maximum Gasteiger partial charge on any atom is 0.161 e. The van der Waals surface area contributed by atoms with Crippen LogP contribution in [0.5, 0.6) is 0 Å². The minimum Gasteiger partial charge on any atom is -0.327 e. The number of hydrogen-bond donors (Lipinski definition) is 1. The van der Waals surface area contributed by atoms with Gasteiger partial charge in [0.2, 0.25) is 0 Å².